The van der Waals surface area contributed by atoms with Crippen molar-refractivity contribution in [1.82, 2.24) is 9.88 Å². The van der Waals surface area contributed by atoms with Gasteiger partial charge in [-0.25, -0.2) is 4.79 Å². The number of hydrogen-bond acceptors (Lipinski definition) is 6. The molecule has 1 aromatic heterocycles. The van der Waals surface area contributed by atoms with E-state index < -0.39 is 23.3 Å². The summed E-state index contributed by atoms with van der Waals surface area (Å²) in [5, 5.41) is 11.2. The lowest BCUT2D eigenvalue weighted by Gasteiger charge is -2.16. The smallest absolute Gasteiger partial charge is 0.335 e. The molecule has 3 rings (SSSR count). The van der Waals surface area contributed by atoms with Crippen LogP contribution in [0.4, 0.5) is 5.82 Å². The van der Waals surface area contributed by atoms with E-state index in [2.05, 4.69) is 5.32 Å². The second kappa shape index (κ2) is 5.78. The highest BCUT2D eigenvalue weighted by molar-refractivity contribution is 6.23. The van der Waals surface area contributed by atoms with E-state index in [9.17, 15) is 24.3 Å². The number of pyridine rings is 1. The molecule has 9 nitrogen and oxygen atoms in total. The molecule has 2 heterocycles. The monoisotopic (exact) mass is 343 g/mol. The summed E-state index contributed by atoms with van der Waals surface area (Å²) < 4.78 is 6.38. The Bertz CT molecular complexity index is 992. The summed E-state index contributed by atoms with van der Waals surface area (Å²) >= 11 is 0. The molecule has 1 aliphatic rings. The van der Waals surface area contributed by atoms with Gasteiger partial charge in [0, 0.05) is 6.07 Å². The number of amides is 2. The third-order valence-corrected chi connectivity index (χ3v) is 3.70. The second-order valence-electron chi connectivity index (χ2n) is 5.20. The SMILES string of the molecule is CCOc1ccc(C(=O)O)cc1-n1c(N)c2c(cc1=O)C(=O)NC2=O. The average molecular weight is 343 g/mol. The van der Waals surface area contributed by atoms with Crippen LogP contribution in [0.2, 0.25) is 0 Å². The highest BCUT2D eigenvalue weighted by atomic mass is 16.5. The number of ether oxygens (including phenoxy) is 1. The molecule has 1 aromatic carbocycles. The Kier molecular flexibility index (Phi) is 3.76. The van der Waals surface area contributed by atoms with E-state index in [1.807, 2.05) is 0 Å². The molecule has 2 amide bonds. The van der Waals surface area contributed by atoms with Crippen molar-refractivity contribution in [3.8, 4) is 11.4 Å². The molecule has 0 aliphatic carbocycles. The number of carbonyl (C=O) groups is 3. The molecule has 2 aromatic rings. The minimum atomic E-state index is -1.20. The Hall–Kier alpha value is -3.62. The number of carboxylic acids is 1. The van der Waals surface area contributed by atoms with Crippen molar-refractivity contribution in [2.75, 3.05) is 12.3 Å². The number of anilines is 1. The molecule has 0 saturated heterocycles. The molecule has 9 heteroatoms. The fraction of sp³-hybridized carbons (Fsp3) is 0.125. The number of nitrogens with two attached hydrogens (primary N) is 1. The summed E-state index contributed by atoms with van der Waals surface area (Å²) in [6, 6.07) is 4.91. The highest BCUT2D eigenvalue weighted by Crippen LogP contribution is 2.29. The van der Waals surface area contributed by atoms with Crippen LogP contribution in [0.1, 0.15) is 38.0 Å². The molecular weight excluding hydrogens is 330 g/mol. The standard InChI is InChI=1S/C16H13N3O6/c1-2-25-10-4-3-7(16(23)24)5-9(10)19-11(20)6-8-12(13(19)17)15(22)18-14(8)21/h3-6H,2,17H2,1H3,(H,23,24)(H,18,21,22). The summed E-state index contributed by atoms with van der Waals surface area (Å²) in [6.07, 6.45) is 0. The van der Waals surface area contributed by atoms with Gasteiger partial charge in [-0.15, -0.1) is 0 Å². The maximum Gasteiger partial charge on any atom is 0.335 e. The van der Waals surface area contributed by atoms with Gasteiger partial charge in [-0.3, -0.25) is 24.3 Å². The molecule has 0 saturated carbocycles. The molecule has 25 heavy (non-hydrogen) atoms. The van der Waals surface area contributed by atoms with Crippen molar-refractivity contribution in [1.29, 1.82) is 0 Å². The van der Waals surface area contributed by atoms with Crippen molar-refractivity contribution in [3.05, 3.63) is 51.3 Å². The summed E-state index contributed by atoms with van der Waals surface area (Å²) in [7, 11) is 0. The normalized spacial score (nSPS) is 12.7. The van der Waals surface area contributed by atoms with E-state index >= 15 is 0 Å². The molecular formula is C16H13N3O6. The number of benzene rings is 1. The van der Waals surface area contributed by atoms with Gasteiger partial charge in [0.05, 0.1) is 29.0 Å². The third-order valence-electron chi connectivity index (χ3n) is 3.70. The van der Waals surface area contributed by atoms with Gasteiger partial charge >= 0.3 is 5.97 Å². The number of aromatic nitrogens is 1. The topological polar surface area (TPSA) is 141 Å². The lowest BCUT2D eigenvalue weighted by atomic mass is 10.1. The van der Waals surface area contributed by atoms with Crippen LogP contribution in [0.3, 0.4) is 0 Å². The van der Waals surface area contributed by atoms with E-state index in [1.165, 1.54) is 18.2 Å². The number of nitrogens with one attached hydrogen (secondary N) is 1. The minimum absolute atomic E-state index is 0.0687. The highest BCUT2D eigenvalue weighted by Gasteiger charge is 2.32. The maximum atomic E-state index is 12.5. The molecule has 1 aliphatic heterocycles. The Balaban J connectivity index is 2.34. The first kappa shape index (κ1) is 16.2. The van der Waals surface area contributed by atoms with Crippen LogP contribution in [0.15, 0.2) is 29.1 Å². The molecule has 0 atom stereocenters. The number of nitrogen functional groups attached to an aromatic ring is 1. The van der Waals surface area contributed by atoms with Crippen LogP contribution >= 0.6 is 0 Å². The number of nitrogens with zero attached hydrogens (tertiary/aromatic N) is 1. The summed E-state index contributed by atoms with van der Waals surface area (Å²) in [5.74, 6) is -2.69. The van der Waals surface area contributed by atoms with Gasteiger partial charge in [0.2, 0.25) is 0 Å². The molecule has 128 valence electrons. The van der Waals surface area contributed by atoms with Crippen LogP contribution in [0.25, 0.3) is 5.69 Å². The first-order chi connectivity index (χ1) is 11.8. The number of hydrogen-bond donors (Lipinski definition) is 3. The zero-order valence-corrected chi connectivity index (χ0v) is 13.0. The first-order valence-electron chi connectivity index (χ1n) is 7.26. The number of imide groups is 1. The quantitative estimate of drug-likeness (QED) is 0.682. The van der Waals surface area contributed by atoms with Crippen molar-refractivity contribution in [2.45, 2.75) is 6.92 Å². The van der Waals surface area contributed by atoms with Gasteiger partial charge in [-0.1, -0.05) is 0 Å². The summed E-state index contributed by atoms with van der Waals surface area (Å²) in [4.78, 5) is 47.3. The summed E-state index contributed by atoms with van der Waals surface area (Å²) in [6.45, 7) is 1.98. The molecule has 0 unspecified atom stereocenters. The predicted octanol–water partition coefficient (Wildman–Crippen LogP) is 0.400. The average Bonchev–Trinajstić information content (AvgIpc) is 2.83. The molecule has 0 fully saturated rings. The Morgan fingerprint density at radius 2 is 1.96 bits per heavy atom. The van der Waals surface area contributed by atoms with E-state index in [1.54, 1.807) is 6.92 Å². The summed E-state index contributed by atoms with van der Waals surface area (Å²) in [5.41, 5.74) is 5.00. The van der Waals surface area contributed by atoms with E-state index in [0.717, 1.165) is 10.6 Å². The fourth-order valence-electron chi connectivity index (χ4n) is 2.63. The van der Waals surface area contributed by atoms with Gasteiger partial charge in [0.1, 0.15) is 11.6 Å². The lowest BCUT2D eigenvalue weighted by Crippen LogP contribution is -2.24. The number of carbonyl (C=O) groups excluding carboxylic acids is 2. The zero-order valence-electron chi connectivity index (χ0n) is 13.0. The second-order valence-corrected chi connectivity index (χ2v) is 5.20. The Labute approximate surface area is 140 Å². The molecule has 0 spiro atoms. The molecule has 4 N–H and O–H groups in total. The van der Waals surface area contributed by atoms with E-state index in [-0.39, 0.29) is 40.6 Å². The van der Waals surface area contributed by atoms with Crippen molar-refractivity contribution >= 4 is 23.6 Å². The first-order valence-corrected chi connectivity index (χ1v) is 7.26. The molecule has 0 bridgehead atoms. The van der Waals surface area contributed by atoms with Crippen molar-refractivity contribution in [2.24, 2.45) is 0 Å². The van der Waals surface area contributed by atoms with Crippen LogP contribution in [0, 0.1) is 0 Å². The van der Waals surface area contributed by atoms with Crippen LogP contribution in [-0.2, 0) is 0 Å². The van der Waals surface area contributed by atoms with Gasteiger partial charge in [0.15, 0.2) is 0 Å². The van der Waals surface area contributed by atoms with Gasteiger partial charge in [-0.05, 0) is 25.1 Å². The Morgan fingerprint density at radius 3 is 2.60 bits per heavy atom. The predicted molar refractivity (Wildman–Crippen MR) is 86.4 cm³/mol. The van der Waals surface area contributed by atoms with E-state index in [0.29, 0.717) is 0 Å². The van der Waals surface area contributed by atoms with Crippen LogP contribution in [-0.4, -0.2) is 34.1 Å². The largest absolute Gasteiger partial charge is 0.492 e. The minimum Gasteiger partial charge on any atom is -0.492 e. The number of fused-ring (bicyclic) bond motifs is 1. The van der Waals surface area contributed by atoms with Crippen LogP contribution < -0.4 is 21.3 Å². The van der Waals surface area contributed by atoms with E-state index in [4.69, 9.17) is 10.5 Å². The molecule has 0 radical (unpaired) electrons. The number of carboxylic acid groups (broad SMARTS) is 1. The van der Waals surface area contributed by atoms with Gasteiger partial charge in [0.25, 0.3) is 17.4 Å². The number of rotatable bonds is 4. The van der Waals surface area contributed by atoms with Gasteiger partial charge in [-0.2, -0.15) is 0 Å². The number of aromatic carboxylic acids is 1. The third kappa shape index (κ3) is 2.51. The van der Waals surface area contributed by atoms with Crippen LogP contribution in [0.5, 0.6) is 5.75 Å². The Morgan fingerprint density at radius 1 is 1.24 bits per heavy atom. The van der Waals surface area contributed by atoms with Crippen molar-refractivity contribution < 1.29 is 24.2 Å². The zero-order chi connectivity index (χ0) is 18.3. The maximum absolute atomic E-state index is 12.5. The fourth-order valence-corrected chi connectivity index (χ4v) is 2.63. The lowest BCUT2D eigenvalue weighted by molar-refractivity contribution is 0.0696. The van der Waals surface area contributed by atoms with Crippen molar-refractivity contribution in [3.63, 3.8) is 0 Å². The van der Waals surface area contributed by atoms with Gasteiger partial charge < -0.3 is 15.6 Å².